The molecule has 0 amide bonds. The van der Waals surface area contributed by atoms with Gasteiger partial charge in [0.25, 0.3) is 0 Å². The summed E-state index contributed by atoms with van der Waals surface area (Å²) in [5, 5.41) is 4.73. The van der Waals surface area contributed by atoms with Crippen LogP contribution in [-0.4, -0.2) is 62.2 Å². The molecule has 0 aromatic rings. The SMILES string of the molecule is CN1CCC2CN(N(C)C)CC2C1. The van der Waals surface area contributed by atoms with Crippen LogP contribution in [0.3, 0.4) is 0 Å². The molecule has 3 heteroatoms. The Kier molecular flexibility index (Phi) is 2.58. The second-order valence-corrected chi connectivity index (χ2v) is 4.79. The van der Waals surface area contributed by atoms with Gasteiger partial charge in [-0.1, -0.05) is 0 Å². The molecule has 0 N–H and O–H groups in total. The Hall–Kier alpha value is -0.120. The lowest BCUT2D eigenvalue weighted by molar-refractivity contribution is 0.0466. The van der Waals surface area contributed by atoms with E-state index in [-0.39, 0.29) is 0 Å². The molecular weight excluding hydrogens is 162 g/mol. The molecule has 3 nitrogen and oxygen atoms in total. The average Bonchev–Trinajstić information content (AvgIpc) is 2.46. The molecule has 0 aromatic heterocycles. The maximum atomic E-state index is 2.48. The highest BCUT2D eigenvalue weighted by Crippen LogP contribution is 2.30. The summed E-state index contributed by atoms with van der Waals surface area (Å²) in [6, 6.07) is 0. The summed E-state index contributed by atoms with van der Waals surface area (Å²) in [4.78, 5) is 2.47. The molecular formula is C10H21N3. The Bertz CT molecular complexity index is 181. The lowest BCUT2D eigenvalue weighted by Crippen LogP contribution is -2.37. The van der Waals surface area contributed by atoms with Crippen molar-refractivity contribution >= 4 is 0 Å². The Morgan fingerprint density at radius 2 is 1.77 bits per heavy atom. The first-order chi connectivity index (χ1) is 6.16. The number of hydrogen-bond acceptors (Lipinski definition) is 3. The molecule has 0 radical (unpaired) electrons. The van der Waals surface area contributed by atoms with Gasteiger partial charge in [0.1, 0.15) is 0 Å². The minimum absolute atomic E-state index is 0.918. The van der Waals surface area contributed by atoms with E-state index in [9.17, 15) is 0 Å². The smallest absolute Gasteiger partial charge is 0.0176 e. The van der Waals surface area contributed by atoms with Gasteiger partial charge in [-0.25, -0.2) is 10.0 Å². The van der Waals surface area contributed by atoms with Gasteiger partial charge in [-0.15, -0.1) is 0 Å². The monoisotopic (exact) mass is 183 g/mol. The Balaban J connectivity index is 1.94. The third-order valence-corrected chi connectivity index (χ3v) is 3.55. The number of hydrogen-bond donors (Lipinski definition) is 0. The van der Waals surface area contributed by atoms with Gasteiger partial charge in [0.2, 0.25) is 0 Å². The van der Waals surface area contributed by atoms with Crippen molar-refractivity contribution in [2.45, 2.75) is 6.42 Å². The number of likely N-dealkylation sites (tertiary alicyclic amines) is 1. The van der Waals surface area contributed by atoms with Crippen molar-refractivity contribution in [3.05, 3.63) is 0 Å². The molecule has 0 spiro atoms. The van der Waals surface area contributed by atoms with Gasteiger partial charge in [0.05, 0.1) is 0 Å². The van der Waals surface area contributed by atoms with Gasteiger partial charge in [-0.05, 0) is 31.8 Å². The Morgan fingerprint density at radius 3 is 2.46 bits per heavy atom. The molecule has 2 saturated heterocycles. The van der Waals surface area contributed by atoms with Crippen molar-refractivity contribution in [2.24, 2.45) is 11.8 Å². The fourth-order valence-electron chi connectivity index (χ4n) is 2.65. The second kappa shape index (κ2) is 3.56. The normalized spacial score (nSPS) is 36.9. The fraction of sp³-hybridized carbons (Fsp3) is 1.00. The van der Waals surface area contributed by atoms with E-state index in [1.54, 1.807) is 0 Å². The molecule has 0 aliphatic carbocycles. The highest BCUT2D eigenvalue weighted by atomic mass is 15.6. The largest absolute Gasteiger partial charge is 0.306 e. The van der Waals surface area contributed by atoms with Crippen LogP contribution in [0.5, 0.6) is 0 Å². The summed E-state index contributed by atoms with van der Waals surface area (Å²) in [5.41, 5.74) is 0. The van der Waals surface area contributed by atoms with Crippen molar-refractivity contribution in [2.75, 3.05) is 47.3 Å². The predicted octanol–water partition coefficient (Wildman–Crippen LogP) is 0.346. The van der Waals surface area contributed by atoms with Crippen molar-refractivity contribution in [3.63, 3.8) is 0 Å². The minimum atomic E-state index is 0.918. The van der Waals surface area contributed by atoms with Crippen LogP contribution in [0, 0.1) is 11.8 Å². The average molecular weight is 183 g/mol. The zero-order chi connectivity index (χ0) is 9.42. The van der Waals surface area contributed by atoms with Crippen LogP contribution < -0.4 is 0 Å². The lowest BCUT2D eigenvalue weighted by Gasteiger charge is -2.31. The zero-order valence-electron chi connectivity index (χ0n) is 9.03. The van der Waals surface area contributed by atoms with Crippen molar-refractivity contribution in [1.29, 1.82) is 0 Å². The summed E-state index contributed by atoms with van der Waals surface area (Å²) in [7, 11) is 6.55. The second-order valence-electron chi connectivity index (χ2n) is 4.79. The number of nitrogens with zero attached hydrogens (tertiary/aromatic N) is 3. The first-order valence-corrected chi connectivity index (χ1v) is 5.27. The first-order valence-electron chi connectivity index (χ1n) is 5.27. The van der Waals surface area contributed by atoms with Gasteiger partial charge in [0.15, 0.2) is 0 Å². The van der Waals surface area contributed by atoms with Crippen LogP contribution in [0.1, 0.15) is 6.42 Å². The Morgan fingerprint density at radius 1 is 1.08 bits per heavy atom. The minimum Gasteiger partial charge on any atom is -0.306 e. The van der Waals surface area contributed by atoms with E-state index in [4.69, 9.17) is 0 Å². The van der Waals surface area contributed by atoms with Crippen molar-refractivity contribution in [1.82, 2.24) is 14.9 Å². The quantitative estimate of drug-likeness (QED) is 0.581. The van der Waals surface area contributed by atoms with Crippen LogP contribution >= 0.6 is 0 Å². The molecule has 2 aliphatic rings. The van der Waals surface area contributed by atoms with Gasteiger partial charge < -0.3 is 4.90 Å². The Labute approximate surface area is 81.3 Å². The summed E-state index contributed by atoms with van der Waals surface area (Å²) >= 11 is 0. The molecule has 13 heavy (non-hydrogen) atoms. The highest BCUT2D eigenvalue weighted by molar-refractivity contribution is 4.87. The summed E-state index contributed by atoms with van der Waals surface area (Å²) < 4.78 is 0. The summed E-state index contributed by atoms with van der Waals surface area (Å²) in [6.45, 7) is 5.14. The summed E-state index contributed by atoms with van der Waals surface area (Å²) in [6.07, 6.45) is 1.39. The first kappa shape index (κ1) is 9.44. The topological polar surface area (TPSA) is 9.72 Å². The third kappa shape index (κ3) is 1.87. The molecule has 0 saturated carbocycles. The van der Waals surface area contributed by atoms with Crippen LogP contribution in [0.25, 0.3) is 0 Å². The van der Waals surface area contributed by atoms with E-state index in [0.29, 0.717) is 0 Å². The molecule has 2 aliphatic heterocycles. The van der Waals surface area contributed by atoms with E-state index in [1.807, 2.05) is 0 Å². The molecule has 2 unspecified atom stereocenters. The van der Waals surface area contributed by atoms with E-state index in [1.165, 1.54) is 32.6 Å². The van der Waals surface area contributed by atoms with E-state index in [0.717, 1.165) is 11.8 Å². The van der Waals surface area contributed by atoms with Gasteiger partial charge in [-0.2, -0.15) is 0 Å². The zero-order valence-corrected chi connectivity index (χ0v) is 9.03. The van der Waals surface area contributed by atoms with Crippen LogP contribution in [0.2, 0.25) is 0 Å². The number of hydrazine groups is 1. The van der Waals surface area contributed by atoms with E-state index in [2.05, 4.69) is 36.1 Å². The third-order valence-electron chi connectivity index (χ3n) is 3.55. The number of rotatable bonds is 1. The molecule has 0 bridgehead atoms. The molecule has 76 valence electrons. The maximum Gasteiger partial charge on any atom is 0.0176 e. The van der Waals surface area contributed by atoms with Crippen molar-refractivity contribution < 1.29 is 0 Å². The molecule has 2 fully saturated rings. The van der Waals surface area contributed by atoms with Crippen LogP contribution in [0.4, 0.5) is 0 Å². The fourth-order valence-corrected chi connectivity index (χ4v) is 2.65. The molecule has 2 atom stereocenters. The maximum absolute atomic E-state index is 2.48. The van der Waals surface area contributed by atoms with E-state index >= 15 is 0 Å². The van der Waals surface area contributed by atoms with Gasteiger partial charge >= 0.3 is 0 Å². The highest BCUT2D eigenvalue weighted by Gasteiger charge is 2.36. The number of piperidine rings is 1. The van der Waals surface area contributed by atoms with Crippen LogP contribution in [0.15, 0.2) is 0 Å². The molecule has 2 heterocycles. The van der Waals surface area contributed by atoms with Crippen molar-refractivity contribution in [3.8, 4) is 0 Å². The standard InChI is InChI=1S/C10H21N3/c1-11(2)13-7-9-4-5-12(3)6-10(9)8-13/h9-10H,4-8H2,1-3H3. The summed E-state index contributed by atoms with van der Waals surface area (Å²) in [5.74, 6) is 1.87. The molecule has 0 aromatic carbocycles. The van der Waals surface area contributed by atoms with Crippen LogP contribution in [-0.2, 0) is 0 Å². The lowest BCUT2D eigenvalue weighted by atomic mass is 9.89. The molecule has 2 rings (SSSR count). The predicted molar refractivity (Wildman–Crippen MR) is 54.4 cm³/mol. The van der Waals surface area contributed by atoms with Gasteiger partial charge in [-0.3, -0.25) is 0 Å². The number of fused-ring (bicyclic) bond motifs is 1. The van der Waals surface area contributed by atoms with Gasteiger partial charge in [0, 0.05) is 33.7 Å². The van der Waals surface area contributed by atoms with E-state index < -0.39 is 0 Å².